The highest BCUT2D eigenvalue weighted by molar-refractivity contribution is 6.08. The standard InChI is InChI=1S/C21H20O9/c1-24-14-9-12-16(19(26-3)18(14)25-2)15-11(5-6-13-17(15)30-10-29-13)20(22)27-7-4-8-28-21(12)23/h5-6,9H,4,7-8,10H2,1-3H3. The van der Waals surface area contributed by atoms with E-state index >= 15 is 0 Å². The van der Waals surface area contributed by atoms with Crippen molar-refractivity contribution in [3.63, 3.8) is 0 Å². The van der Waals surface area contributed by atoms with Crippen LogP contribution < -0.4 is 23.7 Å². The van der Waals surface area contributed by atoms with Crippen LogP contribution in [0.25, 0.3) is 11.1 Å². The molecule has 0 fully saturated rings. The van der Waals surface area contributed by atoms with E-state index in [0.29, 0.717) is 23.5 Å². The Morgan fingerprint density at radius 2 is 1.47 bits per heavy atom. The van der Waals surface area contributed by atoms with E-state index in [1.165, 1.54) is 27.4 Å². The van der Waals surface area contributed by atoms with Gasteiger partial charge in [0.05, 0.1) is 45.7 Å². The second kappa shape index (κ2) is 8.02. The first-order chi connectivity index (χ1) is 14.6. The normalized spacial score (nSPS) is 15.2. The van der Waals surface area contributed by atoms with Gasteiger partial charge in [0.2, 0.25) is 12.5 Å². The van der Waals surface area contributed by atoms with Crippen LogP contribution in [0, 0.1) is 0 Å². The van der Waals surface area contributed by atoms with Gasteiger partial charge in [-0.2, -0.15) is 0 Å². The number of methoxy groups -OCH3 is 3. The summed E-state index contributed by atoms with van der Waals surface area (Å²) >= 11 is 0. The second-order valence-corrected chi connectivity index (χ2v) is 6.42. The molecule has 2 aliphatic heterocycles. The SMILES string of the molecule is COc1cc2c(c(OC)c1OC)-c1c(ccc3c1OCO3)C(=O)OCCCOC2=O. The molecule has 0 saturated carbocycles. The van der Waals surface area contributed by atoms with Crippen LogP contribution in [0.2, 0.25) is 0 Å². The number of carbonyl (C=O) groups is 2. The Morgan fingerprint density at radius 3 is 2.13 bits per heavy atom. The Balaban J connectivity index is 2.14. The van der Waals surface area contributed by atoms with Crippen LogP contribution in [0.15, 0.2) is 18.2 Å². The molecule has 9 heteroatoms. The number of fused-ring (bicyclic) bond motifs is 5. The lowest BCUT2D eigenvalue weighted by Crippen LogP contribution is -2.11. The van der Waals surface area contributed by atoms with Gasteiger partial charge in [0.1, 0.15) is 0 Å². The average Bonchev–Trinajstić information content (AvgIpc) is 3.24. The minimum absolute atomic E-state index is 0.0315. The summed E-state index contributed by atoms with van der Waals surface area (Å²) in [6.07, 6.45) is 0.358. The number of esters is 2. The van der Waals surface area contributed by atoms with Crippen LogP contribution in [0.1, 0.15) is 27.1 Å². The zero-order valence-corrected chi connectivity index (χ0v) is 16.7. The first kappa shape index (κ1) is 19.7. The van der Waals surface area contributed by atoms with Crippen LogP contribution in [-0.2, 0) is 9.47 Å². The van der Waals surface area contributed by atoms with E-state index in [9.17, 15) is 9.59 Å². The third kappa shape index (κ3) is 3.12. The Kier molecular flexibility index (Phi) is 5.26. The van der Waals surface area contributed by atoms with Gasteiger partial charge in [0.15, 0.2) is 23.0 Å². The fraction of sp³-hybridized carbons (Fsp3) is 0.333. The van der Waals surface area contributed by atoms with E-state index in [-0.39, 0.29) is 53.9 Å². The van der Waals surface area contributed by atoms with Gasteiger partial charge < -0.3 is 33.2 Å². The van der Waals surface area contributed by atoms with Gasteiger partial charge in [-0.25, -0.2) is 9.59 Å². The van der Waals surface area contributed by atoms with Crippen molar-refractivity contribution in [3.05, 3.63) is 29.3 Å². The first-order valence-electron chi connectivity index (χ1n) is 9.20. The molecule has 0 aliphatic carbocycles. The second-order valence-electron chi connectivity index (χ2n) is 6.42. The van der Waals surface area contributed by atoms with Crippen molar-refractivity contribution in [3.8, 4) is 39.9 Å². The lowest BCUT2D eigenvalue weighted by Gasteiger charge is -2.21. The predicted octanol–water partition coefficient (Wildman–Crippen LogP) is 2.83. The molecule has 2 aromatic carbocycles. The van der Waals surface area contributed by atoms with Gasteiger partial charge in [0, 0.05) is 17.5 Å². The molecule has 30 heavy (non-hydrogen) atoms. The van der Waals surface area contributed by atoms with E-state index in [1.54, 1.807) is 12.1 Å². The zero-order valence-electron chi connectivity index (χ0n) is 16.7. The van der Waals surface area contributed by atoms with Crippen LogP contribution in [0.4, 0.5) is 0 Å². The van der Waals surface area contributed by atoms with Gasteiger partial charge in [-0.3, -0.25) is 0 Å². The minimum atomic E-state index is -0.610. The molecule has 0 N–H and O–H groups in total. The van der Waals surface area contributed by atoms with E-state index in [1.807, 2.05) is 0 Å². The third-order valence-corrected chi connectivity index (χ3v) is 4.81. The number of ether oxygens (including phenoxy) is 7. The van der Waals surface area contributed by atoms with E-state index < -0.39 is 11.9 Å². The molecule has 2 aliphatic rings. The zero-order chi connectivity index (χ0) is 21.3. The third-order valence-electron chi connectivity index (χ3n) is 4.81. The van der Waals surface area contributed by atoms with Crippen molar-refractivity contribution in [1.29, 1.82) is 0 Å². The predicted molar refractivity (Wildman–Crippen MR) is 103 cm³/mol. The first-order valence-corrected chi connectivity index (χ1v) is 9.20. The molecule has 0 saturated heterocycles. The van der Waals surface area contributed by atoms with Crippen LogP contribution in [0.3, 0.4) is 0 Å². The van der Waals surface area contributed by atoms with E-state index in [4.69, 9.17) is 33.2 Å². The summed E-state index contributed by atoms with van der Waals surface area (Å²) in [5.74, 6) is 0.240. The number of cyclic esters (lactones) is 2. The fourth-order valence-electron chi connectivity index (χ4n) is 3.50. The van der Waals surface area contributed by atoms with Crippen LogP contribution >= 0.6 is 0 Å². The summed E-state index contributed by atoms with van der Waals surface area (Å²) in [7, 11) is 4.31. The Hall–Kier alpha value is -3.62. The van der Waals surface area contributed by atoms with Crippen molar-refractivity contribution >= 4 is 11.9 Å². The number of hydrogen-bond donors (Lipinski definition) is 0. The summed E-state index contributed by atoms with van der Waals surface area (Å²) in [5.41, 5.74) is 0.878. The summed E-state index contributed by atoms with van der Waals surface area (Å²) in [6, 6.07) is 4.67. The number of hydrogen-bond acceptors (Lipinski definition) is 9. The van der Waals surface area contributed by atoms with Gasteiger partial charge in [-0.05, 0) is 18.2 Å². The molecule has 0 spiro atoms. The molecule has 0 atom stereocenters. The van der Waals surface area contributed by atoms with Crippen LogP contribution in [0.5, 0.6) is 28.7 Å². The Bertz CT molecular complexity index is 1010. The van der Waals surface area contributed by atoms with Crippen molar-refractivity contribution in [2.24, 2.45) is 0 Å². The largest absolute Gasteiger partial charge is 0.493 e. The summed E-state index contributed by atoms with van der Waals surface area (Å²) in [4.78, 5) is 25.9. The van der Waals surface area contributed by atoms with E-state index in [0.717, 1.165) is 0 Å². The highest BCUT2D eigenvalue weighted by atomic mass is 16.7. The molecular weight excluding hydrogens is 396 g/mol. The average molecular weight is 416 g/mol. The Labute approximate surface area is 172 Å². The van der Waals surface area contributed by atoms with Gasteiger partial charge >= 0.3 is 11.9 Å². The molecule has 0 aromatic heterocycles. The lowest BCUT2D eigenvalue weighted by molar-refractivity contribution is 0.0399. The maximum absolute atomic E-state index is 13.0. The Morgan fingerprint density at radius 1 is 0.767 bits per heavy atom. The van der Waals surface area contributed by atoms with Crippen molar-refractivity contribution in [2.45, 2.75) is 6.42 Å². The van der Waals surface area contributed by atoms with Gasteiger partial charge in [-0.1, -0.05) is 0 Å². The molecule has 158 valence electrons. The number of benzene rings is 2. The molecule has 0 bridgehead atoms. The van der Waals surface area contributed by atoms with Gasteiger partial charge in [-0.15, -0.1) is 0 Å². The van der Waals surface area contributed by atoms with Gasteiger partial charge in [0.25, 0.3) is 0 Å². The lowest BCUT2D eigenvalue weighted by atomic mass is 9.92. The fourth-order valence-corrected chi connectivity index (χ4v) is 3.50. The molecular formula is C21H20O9. The highest BCUT2D eigenvalue weighted by Gasteiger charge is 2.34. The monoisotopic (exact) mass is 416 g/mol. The highest BCUT2D eigenvalue weighted by Crippen LogP contribution is 2.53. The maximum Gasteiger partial charge on any atom is 0.339 e. The number of rotatable bonds is 3. The molecule has 0 radical (unpaired) electrons. The smallest absolute Gasteiger partial charge is 0.339 e. The van der Waals surface area contributed by atoms with Crippen molar-refractivity contribution in [1.82, 2.24) is 0 Å². The summed E-state index contributed by atoms with van der Waals surface area (Å²) in [6.45, 7) is 0.145. The molecule has 0 unspecified atom stereocenters. The van der Waals surface area contributed by atoms with E-state index in [2.05, 4.69) is 0 Å². The molecule has 9 nitrogen and oxygen atoms in total. The quantitative estimate of drug-likeness (QED) is 0.700. The van der Waals surface area contributed by atoms with Crippen LogP contribution in [-0.4, -0.2) is 53.3 Å². The minimum Gasteiger partial charge on any atom is -0.493 e. The molecule has 0 amide bonds. The van der Waals surface area contributed by atoms with Crippen molar-refractivity contribution in [2.75, 3.05) is 41.3 Å². The van der Waals surface area contributed by atoms with Crippen molar-refractivity contribution < 1.29 is 42.7 Å². The summed E-state index contributed by atoms with van der Waals surface area (Å²) in [5, 5.41) is 0. The number of carbonyl (C=O) groups excluding carboxylic acids is 2. The molecule has 4 rings (SSSR count). The maximum atomic E-state index is 13.0. The molecule has 2 heterocycles. The molecule has 2 aromatic rings. The topological polar surface area (TPSA) is 98.8 Å². The summed E-state index contributed by atoms with van der Waals surface area (Å²) < 4.78 is 38.4.